The number of aromatic carboxylic acids is 2. The van der Waals surface area contributed by atoms with E-state index in [9.17, 15) is 9.59 Å². The molecule has 0 saturated carbocycles. The van der Waals surface area contributed by atoms with E-state index in [2.05, 4.69) is 0 Å². The van der Waals surface area contributed by atoms with Gasteiger partial charge in [0.1, 0.15) is 0 Å². The second-order valence-electron chi connectivity index (χ2n) is 6.12. The Hall–Kier alpha value is -1.70. The summed E-state index contributed by atoms with van der Waals surface area (Å²) in [5.74, 6) is -1.70. The average Bonchev–Trinajstić information content (AvgIpc) is 2.46. The van der Waals surface area contributed by atoms with Crippen LogP contribution in [0.5, 0.6) is 0 Å². The Morgan fingerprint density at radius 2 is 0.920 bits per heavy atom. The summed E-state index contributed by atoms with van der Waals surface area (Å²) in [6, 6.07) is 7.37. The largest absolute Gasteiger partial charge is 0.478 e. The topological polar surface area (TPSA) is 74.6 Å². The van der Waals surface area contributed by atoms with Crippen LogP contribution in [0.3, 0.4) is 0 Å². The SMILES string of the molecule is Cc1cc(C)c(C)c(C(=O)O)c1.Cc1cc(C)c(C)c(C(=O)O)c1.[Cd]. The monoisotopic (exact) mass is 442 g/mol. The summed E-state index contributed by atoms with van der Waals surface area (Å²) in [6.45, 7) is 11.3. The molecular formula is C20H24CdO4. The van der Waals surface area contributed by atoms with Crippen molar-refractivity contribution in [3.05, 3.63) is 68.8 Å². The first-order valence-electron chi connectivity index (χ1n) is 7.66. The van der Waals surface area contributed by atoms with E-state index in [0.29, 0.717) is 11.1 Å². The van der Waals surface area contributed by atoms with Gasteiger partial charge in [-0.1, -0.05) is 12.1 Å². The van der Waals surface area contributed by atoms with Crippen molar-refractivity contribution in [2.75, 3.05) is 0 Å². The number of benzene rings is 2. The third-order valence-corrected chi connectivity index (χ3v) is 4.08. The van der Waals surface area contributed by atoms with E-state index in [1.807, 2.05) is 53.7 Å². The van der Waals surface area contributed by atoms with Gasteiger partial charge >= 0.3 is 11.9 Å². The van der Waals surface area contributed by atoms with Crippen LogP contribution in [0.4, 0.5) is 0 Å². The number of carbonyl (C=O) groups is 2. The van der Waals surface area contributed by atoms with E-state index in [1.165, 1.54) is 0 Å². The molecule has 0 aliphatic rings. The minimum absolute atomic E-state index is 0. The average molecular weight is 441 g/mol. The van der Waals surface area contributed by atoms with Crippen LogP contribution < -0.4 is 0 Å². The Kier molecular flexibility index (Phi) is 9.04. The maximum Gasteiger partial charge on any atom is 0.335 e. The van der Waals surface area contributed by atoms with Crippen molar-refractivity contribution in [2.45, 2.75) is 41.5 Å². The summed E-state index contributed by atoms with van der Waals surface area (Å²) in [6.07, 6.45) is 0. The van der Waals surface area contributed by atoms with Gasteiger partial charge < -0.3 is 10.2 Å². The second kappa shape index (κ2) is 9.70. The Labute approximate surface area is 169 Å². The van der Waals surface area contributed by atoms with Crippen LogP contribution in [-0.4, -0.2) is 22.2 Å². The zero-order valence-electron chi connectivity index (χ0n) is 15.7. The van der Waals surface area contributed by atoms with Gasteiger partial charge in [0.05, 0.1) is 11.1 Å². The molecule has 0 spiro atoms. The molecule has 130 valence electrons. The Morgan fingerprint density at radius 3 is 1.16 bits per heavy atom. The van der Waals surface area contributed by atoms with Crippen molar-refractivity contribution in [1.82, 2.24) is 0 Å². The fourth-order valence-corrected chi connectivity index (χ4v) is 2.52. The van der Waals surface area contributed by atoms with Gasteiger partial charge in [-0.15, -0.1) is 0 Å². The molecule has 0 amide bonds. The van der Waals surface area contributed by atoms with Crippen LogP contribution in [0.15, 0.2) is 24.3 Å². The van der Waals surface area contributed by atoms with Crippen LogP contribution in [-0.2, 0) is 27.3 Å². The molecule has 0 aromatic heterocycles. The summed E-state index contributed by atoms with van der Waals surface area (Å²) in [4.78, 5) is 21.5. The Morgan fingerprint density at radius 1 is 0.640 bits per heavy atom. The molecule has 0 atom stereocenters. The molecule has 5 heteroatoms. The van der Waals surface area contributed by atoms with Crippen molar-refractivity contribution in [2.24, 2.45) is 0 Å². The van der Waals surface area contributed by atoms with E-state index in [-0.39, 0.29) is 27.3 Å². The van der Waals surface area contributed by atoms with E-state index < -0.39 is 11.9 Å². The zero-order valence-corrected chi connectivity index (χ0v) is 19.8. The van der Waals surface area contributed by atoms with E-state index >= 15 is 0 Å². The van der Waals surface area contributed by atoms with Crippen LogP contribution >= 0.6 is 0 Å². The number of hydrogen-bond acceptors (Lipinski definition) is 2. The first-order chi connectivity index (χ1) is 11.0. The van der Waals surface area contributed by atoms with E-state index in [0.717, 1.165) is 33.4 Å². The van der Waals surface area contributed by atoms with Crippen molar-refractivity contribution in [3.63, 3.8) is 0 Å². The fraction of sp³-hybridized carbons (Fsp3) is 0.300. The second-order valence-corrected chi connectivity index (χ2v) is 6.12. The molecule has 0 saturated heterocycles. The molecule has 0 aliphatic carbocycles. The van der Waals surface area contributed by atoms with Crippen molar-refractivity contribution < 1.29 is 47.1 Å². The van der Waals surface area contributed by atoms with Crippen LogP contribution in [0, 0.1) is 41.5 Å². The van der Waals surface area contributed by atoms with Gasteiger partial charge in [-0.3, -0.25) is 0 Å². The van der Waals surface area contributed by atoms with Crippen LogP contribution in [0.25, 0.3) is 0 Å². The molecule has 0 radical (unpaired) electrons. The number of carboxylic acid groups (broad SMARTS) is 2. The first-order valence-corrected chi connectivity index (χ1v) is 7.66. The molecule has 25 heavy (non-hydrogen) atoms. The third kappa shape index (κ3) is 6.27. The molecule has 4 nitrogen and oxygen atoms in total. The molecule has 0 heterocycles. The summed E-state index contributed by atoms with van der Waals surface area (Å²) in [5, 5.41) is 17.6. The zero-order chi connectivity index (χ0) is 18.6. The smallest absolute Gasteiger partial charge is 0.335 e. The molecule has 0 aliphatic heterocycles. The van der Waals surface area contributed by atoms with E-state index in [4.69, 9.17) is 10.2 Å². The third-order valence-electron chi connectivity index (χ3n) is 4.08. The van der Waals surface area contributed by atoms with Gasteiger partial charge in [0, 0.05) is 27.3 Å². The maximum atomic E-state index is 10.7. The van der Waals surface area contributed by atoms with Gasteiger partial charge in [0.25, 0.3) is 0 Å². The summed E-state index contributed by atoms with van der Waals surface area (Å²) >= 11 is 0. The van der Waals surface area contributed by atoms with Crippen LogP contribution in [0.1, 0.15) is 54.1 Å². The Balaban J connectivity index is 0.000000443. The molecular weight excluding hydrogens is 417 g/mol. The van der Waals surface area contributed by atoms with Crippen molar-refractivity contribution in [1.29, 1.82) is 0 Å². The van der Waals surface area contributed by atoms with Gasteiger partial charge in [0.15, 0.2) is 0 Å². The van der Waals surface area contributed by atoms with Crippen LogP contribution in [0.2, 0.25) is 0 Å². The van der Waals surface area contributed by atoms with E-state index in [1.54, 1.807) is 12.1 Å². The van der Waals surface area contributed by atoms with Gasteiger partial charge in [-0.2, -0.15) is 0 Å². The first kappa shape index (κ1) is 23.3. The summed E-state index contributed by atoms with van der Waals surface area (Å²) in [5.41, 5.74) is 6.59. The molecule has 2 aromatic carbocycles. The number of carboxylic acids is 2. The number of aryl methyl sites for hydroxylation is 4. The summed E-state index contributed by atoms with van der Waals surface area (Å²) in [7, 11) is 0. The number of rotatable bonds is 2. The minimum Gasteiger partial charge on any atom is -0.478 e. The standard InChI is InChI=1S/2C10H12O2.Cd/c2*1-6-4-7(2)8(3)9(5-6)10(11)12;/h2*4-5H,1-3H3,(H,11,12);. The minimum atomic E-state index is -0.848. The van der Waals surface area contributed by atoms with Crippen molar-refractivity contribution in [3.8, 4) is 0 Å². The quantitative estimate of drug-likeness (QED) is 0.668. The molecule has 0 bridgehead atoms. The normalized spacial score (nSPS) is 9.52. The predicted octanol–water partition coefficient (Wildman–Crippen LogP) is 4.62. The predicted molar refractivity (Wildman–Crippen MR) is 95.2 cm³/mol. The summed E-state index contributed by atoms with van der Waals surface area (Å²) < 4.78 is 0. The van der Waals surface area contributed by atoms with Gasteiger partial charge in [0.2, 0.25) is 0 Å². The molecule has 0 unspecified atom stereocenters. The fourth-order valence-electron chi connectivity index (χ4n) is 2.52. The van der Waals surface area contributed by atoms with Gasteiger partial charge in [-0.05, 0) is 87.1 Å². The van der Waals surface area contributed by atoms with Gasteiger partial charge in [-0.25, -0.2) is 9.59 Å². The Bertz CT molecular complexity index is 727. The molecule has 2 N–H and O–H groups in total. The number of hydrogen-bond donors (Lipinski definition) is 2. The molecule has 2 aromatic rings. The molecule has 0 fully saturated rings. The van der Waals surface area contributed by atoms with Crippen molar-refractivity contribution >= 4 is 11.9 Å². The maximum absolute atomic E-state index is 10.7. The molecule has 2 rings (SSSR count).